The number of nitrogens with zero attached hydrogens (tertiary/aromatic N) is 2. The molecule has 1 aliphatic carbocycles. The molecule has 29 heavy (non-hydrogen) atoms. The van der Waals surface area contributed by atoms with Crippen LogP contribution in [0, 0.1) is 0 Å². The van der Waals surface area contributed by atoms with E-state index in [-0.39, 0.29) is 35.5 Å². The van der Waals surface area contributed by atoms with E-state index in [9.17, 15) is 31.9 Å². The fourth-order valence-electron chi connectivity index (χ4n) is 2.67. The van der Waals surface area contributed by atoms with E-state index in [1.54, 1.807) is 0 Å². The highest BCUT2D eigenvalue weighted by molar-refractivity contribution is 6.21. The summed E-state index contributed by atoms with van der Waals surface area (Å²) >= 11 is 0. The average Bonchev–Trinajstić information content (AvgIpc) is 2.92. The lowest BCUT2D eigenvalue weighted by Gasteiger charge is -2.08. The minimum absolute atomic E-state index is 0.0773. The number of amides is 2. The molecule has 2 aromatic rings. The Hall–Kier alpha value is -3.63. The maximum Gasteiger partial charge on any atom is 0.451 e. The largest absolute Gasteiger partial charge is 0.451 e. The van der Waals surface area contributed by atoms with Crippen LogP contribution in [0.3, 0.4) is 0 Å². The Bertz CT molecular complexity index is 1050. The van der Waals surface area contributed by atoms with Gasteiger partial charge in [-0.15, -0.1) is 0 Å². The highest BCUT2D eigenvalue weighted by atomic mass is 19.4. The van der Waals surface area contributed by atoms with Crippen LogP contribution in [0.15, 0.2) is 36.8 Å². The number of carbonyl (C=O) groups excluding carboxylic acids is 3. The number of halogens is 4. The Morgan fingerprint density at radius 2 is 1.86 bits per heavy atom. The Labute approximate surface area is 160 Å². The maximum absolute atomic E-state index is 12.8. The third-order valence-electron chi connectivity index (χ3n) is 3.98. The van der Waals surface area contributed by atoms with Crippen LogP contribution < -0.4 is 10.6 Å². The molecule has 0 saturated carbocycles. The van der Waals surface area contributed by atoms with E-state index in [2.05, 4.69) is 27.2 Å². The lowest BCUT2D eigenvalue weighted by atomic mass is 10.1. The predicted molar refractivity (Wildman–Crippen MR) is 92.4 cm³/mol. The van der Waals surface area contributed by atoms with Crippen molar-refractivity contribution in [2.24, 2.45) is 0 Å². The molecule has 7 nitrogen and oxygen atoms in total. The van der Waals surface area contributed by atoms with Gasteiger partial charge < -0.3 is 10.6 Å². The van der Waals surface area contributed by atoms with Crippen LogP contribution >= 0.6 is 0 Å². The molecule has 1 heterocycles. The summed E-state index contributed by atoms with van der Waals surface area (Å²) < 4.78 is 50.9. The summed E-state index contributed by atoms with van der Waals surface area (Å²) in [5, 5.41) is 4.62. The van der Waals surface area contributed by atoms with E-state index in [1.807, 2.05) is 0 Å². The second-order valence-electron chi connectivity index (χ2n) is 6.00. The van der Waals surface area contributed by atoms with E-state index >= 15 is 0 Å². The van der Waals surface area contributed by atoms with Gasteiger partial charge in [0.05, 0.1) is 0 Å². The number of nitrogens with one attached hydrogen (secondary N) is 2. The Morgan fingerprint density at radius 3 is 2.52 bits per heavy atom. The van der Waals surface area contributed by atoms with Crippen LogP contribution in [-0.4, -0.2) is 34.1 Å². The maximum atomic E-state index is 12.8. The van der Waals surface area contributed by atoms with E-state index in [4.69, 9.17) is 0 Å². The van der Waals surface area contributed by atoms with Gasteiger partial charge in [-0.05, 0) is 17.7 Å². The molecule has 1 aromatic carbocycles. The van der Waals surface area contributed by atoms with Gasteiger partial charge in [-0.1, -0.05) is 12.6 Å². The minimum atomic E-state index is -4.78. The standard InChI is InChI=1S/C18H12F4N4O3/c1-8(19)16(29)23-5-4-13(27)25-9-2-3-10-11(6-9)15(28)14-12(10)7-24-17(26-14)18(20,21)22/h2-3,6-7H,1,4-5H2,(H,23,29)(H,25,27). The summed E-state index contributed by atoms with van der Waals surface area (Å²) in [4.78, 5) is 42.0. The molecule has 0 saturated heterocycles. The molecule has 0 unspecified atom stereocenters. The van der Waals surface area contributed by atoms with Gasteiger partial charge in [-0.2, -0.15) is 13.2 Å². The van der Waals surface area contributed by atoms with Crippen molar-refractivity contribution < 1.29 is 31.9 Å². The summed E-state index contributed by atoms with van der Waals surface area (Å²) in [6, 6.07) is 4.23. The molecule has 0 bridgehead atoms. The van der Waals surface area contributed by atoms with Crippen LogP contribution in [0.25, 0.3) is 11.1 Å². The van der Waals surface area contributed by atoms with Gasteiger partial charge in [0.2, 0.25) is 17.5 Å². The predicted octanol–water partition coefficient (Wildman–Crippen LogP) is 2.63. The molecule has 150 valence electrons. The summed E-state index contributed by atoms with van der Waals surface area (Å²) in [7, 11) is 0. The number of hydrogen-bond donors (Lipinski definition) is 2. The first kappa shape index (κ1) is 20.1. The van der Waals surface area contributed by atoms with Gasteiger partial charge in [0.25, 0.3) is 5.91 Å². The van der Waals surface area contributed by atoms with Crippen molar-refractivity contribution in [2.45, 2.75) is 12.6 Å². The second kappa shape index (κ2) is 7.41. The lowest BCUT2D eigenvalue weighted by molar-refractivity contribution is -0.145. The van der Waals surface area contributed by atoms with Crippen molar-refractivity contribution in [3.63, 3.8) is 0 Å². The number of carbonyl (C=O) groups is 3. The number of benzene rings is 1. The monoisotopic (exact) mass is 408 g/mol. The first-order valence-electron chi connectivity index (χ1n) is 8.13. The van der Waals surface area contributed by atoms with E-state index in [0.717, 1.165) is 6.20 Å². The van der Waals surface area contributed by atoms with Crippen molar-refractivity contribution in [3.05, 3.63) is 53.9 Å². The van der Waals surface area contributed by atoms with Crippen LogP contribution in [0.1, 0.15) is 28.3 Å². The summed E-state index contributed by atoms with van der Waals surface area (Å²) in [5.41, 5.74) is 0.462. The molecule has 2 amide bonds. The van der Waals surface area contributed by atoms with Crippen molar-refractivity contribution in [3.8, 4) is 11.1 Å². The molecule has 0 aliphatic heterocycles. The molecule has 1 aliphatic rings. The van der Waals surface area contributed by atoms with Crippen molar-refractivity contribution in [2.75, 3.05) is 11.9 Å². The number of ketones is 1. The molecule has 0 spiro atoms. The van der Waals surface area contributed by atoms with Crippen LogP contribution in [0.5, 0.6) is 0 Å². The number of fused-ring (bicyclic) bond motifs is 3. The zero-order valence-electron chi connectivity index (χ0n) is 14.6. The molecule has 1 aromatic heterocycles. The highest BCUT2D eigenvalue weighted by Crippen LogP contribution is 2.38. The Balaban J connectivity index is 1.73. The zero-order valence-corrected chi connectivity index (χ0v) is 14.6. The van der Waals surface area contributed by atoms with Crippen molar-refractivity contribution in [1.82, 2.24) is 15.3 Å². The SMILES string of the molecule is C=C(F)C(=O)NCCC(=O)Nc1ccc2c(c1)C(=O)c1nc(C(F)(F)F)ncc1-2. The van der Waals surface area contributed by atoms with Gasteiger partial charge >= 0.3 is 6.18 Å². The summed E-state index contributed by atoms with van der Waals surface area (Å²) in [6.07, 6.45) is -4.02. The summed E-state index contributed by atoms with van der Waals surface area (Å²) in [6.45, 7) is 2.67. The first-order chi connectivity index (χ1) is 13.6. The minimum Gasteiger partial charge on any atom is -0.350 e. The fourth-order valence-corrected chi connectivity index (χ4v) is 2.67. The molecule has 0 fully saturated rings. The first-order valence-corrected chi connectivity index (χ1v) is 8.13. The average molecular weight is 408 g/mol. The molecule has 3 rings (SSSR count). The molecule has 2 N–H and O–H groups in total. The number of anilines is 1. The number of aromatic nitrogens is 2. The van der Waals surface area contributed by atoms with Gasteiger partial charge in [-0.25, -0.2) is 14.4 Å². The number of rotatable bonds is 5. The van der Waals surface area contributed by atoms with Gasteiger partial charge in [-0.3, -0.25) is 14.4 Å². The third-order valence-corrected chi connectivity index (χ3v) is 3.98. The van der Waals surface area contributed by atoms with Crippen LogP contribution in [-0.2, 0) is 15.8 Å². The number of hydrogen-bond acceptors (Lipinski definition) is 5. The van der Waals surface area contributed by atoms with E-state index < -0.39 is 35.4 Å². The van der Waals surface area contributed by atoms with Gasteiger partial charge in [0.15, 0.2) is 5.83 Å². The molecule has 11 heteroatoms. The molecular formula is C18H12F4N4O3. The fraction of sp³-hybridized carbons (Fsp3) is 0.167. The van der Waals surface area contributed by atoms with Gasteiger partial charge in [0, 0.05) is 36.0 Å². The Kier molecular flexibility index (Phi) is 5.14. The van der Waals surface area contributed by atoms with E-state index in [1.165, 1.54) is 18.2 Å². The highest BCUT2D eigenvalue weighted by Gasteiger charge is 2.38. The lowest BCUT2D eigenvalue weighted by Crippen LogP contribution is -2.27. The van der Waals surface area contributed by atoms with Crippen molar-refractivity contribution >= 4 is 23.3 Å². The summed E-state index contributed by atoms with van der Waals surface area (Å²) in [5.74, 6) is -4.87. The molecule has 0 radical (unpaired) electrons. The molecule has 0 atom stereocenters. The van der Waals surface area contributed by atoms with Gasteiger partial charge in [0.1, 0.15) is 5.69 Å². The normalized spacial score (nSPS) is 12.2. The van der Waals surface area contributed by atoms with Crippen molar-refractivity contribution in [1.29, 1.82) is 0 Å². The smallest absolute Gasteiger partial charge is 0.350 e. The topological polar surface area (TPSA) is 101 Å². The number of alkyl halides is 3. The molecular weight excluding hydrogens is 396 g/mol. The van der Waals surface area contributed by atoms with Crippen LogP contribution in [0.2, 0.25) is 0 Å². The second-order valence-corrected chi connectivity index (χ2v) is 6.00. The van der Waals surface area contributed by atoms with E-state index in [0.29, 0.717) is 5.56 Å². The van der Waals surface area contributed by atoms with Crippen LogP contribution in [0.4, 0.5) is 23.2 Å². The zero-order chi connectivity index (χ0) is 21.3. The quantitative estimate of drug-likeness (QED) is 0.499. The Morgan fingerprint density at radius 1 is 1.14 bits per heavy atom. The third kappa shape index (κ3) is 4.13.